The Morgan fingerprint density at radius 3 is 2.65 bits per heavy atom. The van der Waals surface area contributed by atoms with Gasteiger partial charge < -0.3 is 20.5 Å². The quantitative estimate of drug-likeness (QED) is 0.360. The van der Waals surface area contributed by atoms with E-state index >= 15 is 0 Å². The maximum atomic E-state index is 12.9. The second-order valence-electron chi connectivity index (χ2n) is 9.66. The molecule has 3 fully saturated rings. The number of fused-ring (bicyclic) bond motifs is 2. The van der Waals surface area contributed by atoms with Gasteiger partial charge in [-0.2, -0.15) is 0 Å². The van der Waals surface area contributed by atoms with E-state index in [1.807, 2.05) is 18.2 Å². The number of hydrogen-bond donors (Lipinski definition) is 3. The lowest BCUT2D eigenvalue weighted by Gasteiger charge is -2.21. The molecule has 184 valence electrons. The summed E-state index contributed by atoms with van der Waals surface area (Å²) < 4.78 is 14.9. The summed E-state index contributed by atoms with van der Waals surface area (Å²) in [4.78, 5) is 36.7. The molecule has 3 aliphatic rings. The Morgan fingerprint density at radius 1 is 1.12 bits per heavy atom. The fourth-order valence-electron chi connectivity index (χ4n) is 5.53. The zero-order valence-electron chi connectivity index (χ0n) is 19.5. The molecule has 0 aliphatic carbocycles. The largest absolute Gasteiger partial charge is 0.375 e. The van der Waals surface area contributed by atoms with Gasteiger partial charge in [-0.05, 0) is 50.0 Å². The van der Waals surface area contributed by atoms with E-state index in [1.165, 1.54) is 4.57 Å². The minimum atomic E-state index is -0.660. The Morgan fingerprint density at radius 2 is 1.88 bits per heavy atom. The average molecular weight is 472 g/mol. The summed E-state index contributed by atoms with van der Waals surface area (Å²) in [5.74, 6) is -0.0343. The summed E-state index contributed by atoms with van der Waals surface area (Å²) in [6.45, 7) is 3.75. The average Bonchev–Trinajstić information content (AvgIpc) is 3.48. The molecule has 10 heteroatoms. The third-order valence-electron chi connectivity index (χ3n) is 7.46. The Hall–Kier alpha value is -2.53. The van der Waals surface area contributed by atoms with E-state index < -0.39 is 11.9 Å². The van der Waals surface area contributed by atoms with Crippen molar-refractivity contribution < 1.29 is 19.1 Å². The van der Waals surface area contributed by atoms with Gasteiger partial charge in [-0.25, -0.2) is 4.79 Å². The first-order chi connectivity index (χ1) is 16.5. The zero-order valence-corrected chi connectivity index (χ0v) is 19.5. The number of imidazole rings is 1. The van der Waals surface area contributed by atoms with Crippen LogP contribution in [0.2, 0.25) is 0 Å². The van der Waals surface area contributed by atoms with E-state index in [-0.39, 0.29) is 30.2 Å². The SMILES string of the molecule is Cn1c(=O)n(C2CCC(=O)NC2=O)c2ccc(CCCNCC3COC4C(CN)COC34)cc21. The number of imide groups is 1. The molecule has 1 aromatic carbocycles. The Labute approximate surface area is 197 Å². The van der Waals surface area contributed by atoms with Crippen molar-refractivity contribution in [3.05, 3.63) is 34.2 Å². The molecule has 2 aromatic rings. The third kappa shape index (κ3) is 4.19. The van der Waals surface area contributed by atoms with Crippen LogP contribution in [0.15, 0.2) is 23.0 Å². The lowest BCUT2D eigenvalue weighted by molar-refractivity contribution is -0.135. The van der Waals surface area contributed by atoms with Crippen LogP contribution in [0.25, 0.3) is 11.0 Å². The number of amides is 2. The van der Waals surface area contributed by atoms with Crippen LogP contribution in [0.4, 0.5) is 0 Å². The lowest BCUT2D eigenvalue weighted by atomic mass is 9.96. The Balaban J connectivity index is 1.17. The highest BCUT2D eigenvalue weighted by Gasteiger charge is 2.46. The summed E-state index contributed by atoms with van der Waals surface area (Å²) in [5, 5.41) is 5.88. The molecule has 3 aliphatic heterocycles. The molecule has 3 saturated heterocycles. The number of ether oxygens (including phenoxy) is 2. The molecule has 10 nitrogen and oxygen atoms in total. The van der Waals surface area contributed by atoms with Gasteiger partial charge in [-0.15, -0.1) is 0 Å². The number of rotatable bonds is 8. The van der Waals surface area contributed by atoms with Crippen molar-refractivity contribution in [1.29, 1.82) is 0 Å². The Bertz CT molecular complexity index is 1140. The molecule has 5 rings (SSSR count). The molecule has 0 radical (unpaired) electrons. The standard InChI is InChI=1S/C24H33N5O5/c1-28-19-9-14(3-2-8-26-11-16-13-34-21-15(10-25)12-33-22(16)21)4-5-17(19)29(24(28)32)18-6-7-20(30)27-23(18)31/h4-5,9,15-16,18,21-22,26H,2-3,6-8,10-13,25H2,1H3,(H,27,30,31). The number of nitrogens with one attached hydrogen (secondary N) is 2. The molecule has 4 N–H and O–H groups in total. The van der Waals surface area contributed by atoms with Gasteiger partial charge in [0, 0.05) is 31.8 Å². The first kappa shape index (κ1) is 23.2. The van der Waals surface area contributed by atoms with Crippen LogP contribution in [0.3, 0.4) is 0 Å². The van der Waals surface area contributed by atoms with Crippen molar-refractivity contribution in [1.82, 2.24) is 19.8 Å². The number of carbonyl (C=O) groups excluding carboxylic acids is 2. The van der Waals surface area contributed by atoms with Crippen LogP contribution in [-0.4, -0.2) is 66.0 Å². The first-order valence-electron chi connectivity index (χ1n) is 12.2. The van der Waals surface area contributed by atoms with Gasteiger partial charge in [0.15, 0.2) is 0 Å². The highest BCUT2D eigenvalue weighted by molar-refractivity contribution is 6.00. The second-order valence-corrected chi connectivity index (χ2v) is 9.66. The van der Waals surface area contributed by atoms with E-state index in [1.54, 1.807) is 11.6 Å². The van der Waals surface area contributed by atoms with Gasteiger partial charge in [0.1, 0.15) is 6.04 Å². The van der Waals surface area contributed by atoms with Crippen LogP contribution < -0.4 is 22.1 Å². The van der Waals surface area contributed by atoms with Crippen molar-refractivity contribution in [3.8, 4) is 0 Å². The summed E-state index contributed by atoms with van der Waals surface area (Å²) in [7, 11) is 1.72. The molecule has 0 saturated carbocycles. The minimum Gasteiger partial charge on any atom is -0.375 e. The van der Waals surface area contributed by atoms with E-state index in [9.17, 15) is 14.4 Å². The molecule has 5 atom stereocenters. The summed E-state index contributed by atoms with van der Waals surface area (Å²) >= 11 is 0. The van der Waals surface area contributed by atoms with Gasteiger partial charge in [0.2, 0.25) is 11.8 Å². The van der Waals surface area contributed by atoms with Gasteiger partial charge in [0.05, 0.1) is 36.5 Å². The zero-order chi connectivity index (χ0) is 23.8. The van der Waals surface area contributed by atoms with Gasteiger partial charge in [0.25, 0.3) is 0 Å². The monoisotopic (exact) mass is 471 g/mol. The topological polar surface area (TPSA) is 130 Å². The smallest absolute Gasteiger partial charge is 0.329 e. The summed E-state index contributed by atoms with van der Waals surface area (Å²) in [5.41, 5.74) is 8.21. The number of nitrogens with zero attached hydrogens (tertiary/aromatic N) is 2. The number of aromatic nitrogens is 2. The van der Waals surface area contributed by atoms with Crippen molar-refractivity contribution in [2.45, 2.75) is 43.9 Å². The fraction of sp³-hybridized carbons (Fsp3) is 0.625. The van der Waals surface area contributed by atoms with Gasteiger partial charge in [-0.1, -0.05) is 6.07 Å². The van der Waals surface area contributed by atoms with Crippen LogP contribution in [-0.2, 0) is 32.5 Å². The summed E-state index contributed by atoms with van der Waals surface area (Å²) in [6.07, 6.45) is 2.70. The minimum absolute atomic E-state index is 0.141. The highest BCUT2D eigenvalue weighted by atomic mass is 16.6. The molecule has 4 heterocycles. The number of benzene rings is 1. The van der Waals surface area contributed by atoms with Gasteiger partial charge in [-0.3, -0.25) is 24.0 Å². The molecule has 0 bridgehead atoms. The van der Waals surface area contributed by atoms with Crippen molar-refractivity contribution in [2.75, 3.05) is 32.8 Å². The number of carbonyl (C=O) groups is 2. The molecule has 0 spiro atoms. The molecule has 2 amide bonds. The van der Waals surface area contributed by atoms with E-state index in [0.29, 0.717) is 43.5 Å². The van der Waals surface area contributed by atoms with Crippen molar-refractivity contribution in [2.24, 2.45) is 24.6 Å². The first-order valence-corrected chi connectivity index (χ1v) is 12.2. The van der Waals surface area contributed by atoms with Crippen LogP contribution in [0.5, 0.6) is 0 Å². The van der Waals surface area contributed by atoms with Gasteiger partial charge >= 0.3 is 5.69 Å². The number of aryl methyl sites for hydroxylation is 2. The maximum Gasteiger partial charge on any atom is 0.329 e. The van der Waals surface area contributed by atoms with Crippen LogP contribution in [0, 0.1) is 11.8 Å². The molecular weight excluding hydrogens is 438 g/mol. The number of piperidine rings is 1. The van der Waals surface area contributed by atoms with E-state index in [4.69, 9.17) is 15.2 Å². The number of nitrogens with two attached hydrogens (primary N) is 1. The summed E-state index contributed by atoms with van der Waals surface area (Å²) in [6, 6.07) is 5.28. The number of hydrogen-bond acceptors (Lipinski definition) is 7. The van der Waals surface area contributed by atoms with E-state index in [2.05, 4.69) is 10.6 Å². The lowest BCUT2D eigenvalue weighted by Crippen LogP contribution is -2.44. The maximum absolute atomic E-state index is 12.9. The van der Waals surface area contributed by atoms with Crippen LogP contribution >= 0.6 is 0 Å². The normalized spacial score (nSPS) is 29.1. The second kappa shape index (κ2) is 9.61. The molecular formula is C24H33N5O5. The molecule has 5 unspecified atom stereocenters. The Kier molecular flexibility index (Phi) is 6.57. The molecule has 1 aromatic heterocycles. The predicted molar refractivity (Wildman–Crippen MR) is 125 cm³/mol. The van der Waals surface area contributed by atoms with Crippen molar-refractivity contribution in [3.63, 3.8) is 0 Å². The predicted octanol–water partition coefficient (Wildman–Crippen LogP) is -0.171. The third-order valence-corrected chi connectivity index (χ3v) is 7.46. The van der Waals surface area contributed by atoms with Crippen LogP contribution in [0.1, 0.15) is 30.9 Å². The van der Waals surface area contributed by atoms with E-state index in [0.717, 1.165) is 37.0 Å². The molecule has 34 heavy (non-hydrogen) atoms. The highest BCUT2D eigenvalue weighted by Crippen LogP contribution is 2.33. The fourth-order valence-corrected chi connectivity index (χ4v) is 5.53. The van der Waals surface area contributed by atoms with Crippen molar-refractivity contribution >= 4 is 22.8 Å².